The van der Waals surface area contributed by atoms with Crippen molar-refractivity contribution in [3.05, 3.63) is 0 Å². The van der Waals surface area contributed by atoms with Crippen LogP contribution in [-0.4, -0.2) is 22.3 Å². The van der Waals surface area contributed by atoms with Gasteiger partial charge in [0, 0.05) is 0 Å². The summed E-state index contributed by atoms with van der Waals surface area (Å²) in [5, 5.41) is 18.7. The summed E-state index contributed by atoms with van der Waals surface area (Å²) in [4.78, 5) is 11.1. The van der Waals surface area contributed by atoms with E-state index in [0.29, 0.717) is 6.42 Å². The van der Waals surface area contributed by atoms with Crippen LogP contribution in [-0.2, 0) is 4.79 Å². The van der Waals surface area contributed by atoms with Crippen LogP contribution >= 0.6 is 0 Å². The van der Waals surface area contributed by atoms with Crippen molar-refractivity contribution in [3.8, 4) is 0 Å². The summed E-state index contributed by atoms with van der Waals surface area (Å²) in [6, 6.07) is 0. The largest absolute Gasteiger partial charge is 0.481 e. The number of hydrogen-bond donors (Lipinski definition) is 2. The average Bonchev–Trinajstić information content (AvgIpc) is 2.09. The Balaban J connectivity index is 2.73. The molecule has 0 aromatic rings. The van der Waals surface area contributed by atoms with Crippen molar-refractivity contribution < 1.29 is 15.0 Å². The Morgan fingerprint density at radius 1 is 1.47 bits per heavy atom. The molecule has 0 aromatic carbocycles. The van der Waals surface area contributed by atoms with Gasteiger partial charge in [0.1, 0.15) is 0 Å². The van der Waals surface area contributed by atoms with Crippen LogP contribution in [0.3, 0.4) is 0 Å². The quantitative estimate of drug-likeness (QED) is 0.753. The van der Waals surface area contributed by atoms with Crippen molar-refractivity contribution in [3.63, 3.8) is 0 Å². The van der Waals surface area contributed by atoms with Gasteiger partial charge in [-0.15, -0.1) is 0 Å². The fourth-order valence-corrected chi connectivity index (χ4v) is 3.13. The number of aliphatic carboxylic acids is 1. The number of aliphatic hydroxyl groups excluding tert-OH is 1. The van der Waals surface area contributed by atoms with Gasteiger partial charge in [-0.25, -0.2) is 0 Å². The molecule has 3 nitrogen and oxygen atoms in total. The first-order valence-corrected chi connectivity index (χ1v) is 5.73. The molecule has 4 atom stereocenters. The van der Waals surface area contributed by atoms with Crippen molar-refractivity contribution in [2.45, 2.75) is 46.6 Å². The zero-order valence-corrected chi connectivity index (χ0v) is 10.0. The Labute approximate surface area is 91.5 Å². The van der Waals surface area contributed by atoms with Crippen molar-refractivity contribution >= 4 is 5.97 Å². The molecular weight excluding hydrogens is 192 g/mol. The number of carbonyl (C=O) groups is 1. The molecule has 1 aliphatic carbocycles. The summed E-state index contributed by atoms with van der Waals surface area (Å²) in [6.45, 7) is 7.86. The summed E-state index contributed by atoms with van der Waals surface area (Å²) in [5.74, 6) is -0.495. The second-order valence-electron chi connectivity index (χ2n) is 5.36. The number of carboxylic acid groups (broad SMARTS) is 1. The first-order chi connectivity index (χ1) is 6.82. The minimum atomic E-state index is -0.695. The SMILES string of the molecule is CCC(C(=O)O)C1CC(C(C)O)C1(C)C. The topological polar surface area (TPSA) is 57.5 Å². The predicted octanol–water partition coefficient (Wildman–Crippen LogP) is 2.14. The highest BCUT2D eigenvalue weighted by Gasteiger charge is 2.53. The Morgan fingerprint density at radius 3 is 2.27 bits per heavy atom. The van der Waals surface area contributed by atoms with Crippen molar-refractivity contribution in [2.75, 3.05) is 0 Å². The third kappa shape index (κ3) is 2.03. The second-order valence-corrected chi connectivity index (χ2v) is 5.36. The van der Waals surface area contributed by atoms with E-state index in [9.17, 15) is 9.90 Å². The molecule has 1 rings (SSSR count). The molecule has 0 saturated heterocycles. The fourth-order valence-electron chi connectivity index (χ4n) is 3.13. The maximum atomic E-state index is 11.1. The smallest absolute Gasteiger partial charge is 0.306 e. The van der Waals surface area contributed by atoms with E-state index in [1.54, 1.807) is 6.92 Å². The lowest BCUT2D eigenvalue weighted by atomic mass is 9.49. The van der Waals surface area contributed by atoms with Gasteiger partial charge in [0.2, 0.25) is 0 Å². The monoisotopic (exact) mass is 214 g/mol. The molecular formula is C12H22O3. The van der Waals surface area contributed by atoms with Gasteiger partial charge in [0.05, 0.1) is 12.0 Å². The predicted molar refractivity (Wildman–Crippen MR) is 58.5 cm³/mol. The van der Waals surface area contributed by atoms with Gasteiger partial charge in [-0.2, -0.15) is 0 Å². The highest BCUT2D eigenvalue weighted by Crippen LogP contribution is 2.56. The third-order valence-electron chi connectivity index (χ3n) is 4.24. The van der Waals surface area contributed by atoms with Gasteiger partial charge in [-0.3, -0.25) is 4.79 Å². The van der Waals surface area contributed by atoms with Gasteiger partial charge in [-0.05, 0) is 37.0 Å². The van der Waals surface area contributed by atoms with Crippen LogP contribution in [0, 0.1) is 23.2 Å². The van der Waals surface area contributed by atoms with Gasteiger partial charge in [0.15, 0.2) is 0 Å². The van der Waals surface area contributed by atoms with Crippen molar-refractivity contribution in [1.82, 2.24) is 0 Å². The van der Waals surface area contributed by atoms with E-state index in [4.69, 9.17) is 5.11 Å². The molecule has 0 radical (unpaired) electrons. The maximum absolute atomic E-state index is 11.1. The van der Waals surface area contributed by atoms with E-state index in [0.717, 1.165) is 6.42 Å². The molecule has 1 fully saturated rings. The van der Waals surface area contributed by atoms with Crippen molar-refractivity contribution in [1.29, 1.82) is 0 Å². The Hall–Kier alpha value is -0.570. The van der Waals surface area contributed by atoms with E-state index in [1.165, 1.54) is 0 Å². The summed E-state index contributed by atoms with van der Waals surface area (Å²) < 4.78 is 0. The summed E-state index contributed by atoms with van der Waals surface area (Å²) in [7, 11) is 0. The van der Waals surface area contributed by atoms with E-state index in [2.05, 4.69) is 13.8 Å². The summed E-state index contributed by atoms with van der Waals surface area (Å²) in [6.07, 6.45) is 1.19. The summed E-state index contributed by atoms with van der Waals surface area (Å²) >= 11 is 0. The standard InChI is InChI=1S/C12H22O3/c1-5-8(11(14)15)10-6-9(7(2)13)12(10,3)4/h7-10,13H,5-6H2,1-4H3,(H,14,15). The normalized spacial score (nSPS) is 32.9. The van der Waals surface area contributed by atoms with Crippen LogP contribution in [0.25, 0.3) is 0 Å². The highest BCUT2D eigenvalue weighted by atomic mass is 16.4. The molecule has 3 heteroatoms. The van der Waals surface area contributed by atoms with Crippen LogP contribution in [0.1, 0.15) is 40.5 Å². The first-order valence-electron chi connectivity index (χ1n) is 5.73. The van der Waals surface area contributed by atoms with Crippen molar-refractivity contribution in [2.24, 2.45) is 23.2 Å². The zero-order valence-electron chi connectivity index (χ0n) is 10.0. The average molecular weight is 214 g/mol. The van der Waals surface area contributed by atoms with E-state index in [-0.39, 0.29) is 29.3 Å². The summed E-state index contributed by atoms with van der Waals surface area (Å²) in [5.41, 5.74) is -0.0484. The Morgan fingerprint density at radius 2 is 2.00 bits per heavy atom. The van der Waals surface area contributed by atoms with Gasteiger partial charge >= 0.3 is 5.97 Å². The van der Waals surface area contributed by atoms with Gasteiger partial charge in [-0.1, -0.05) is 20.8 Å². The molecule has 88 valence electrons. The Bertz CT molecular complexity index is 245. The van der Waals surface area contributed by atoms with Crippen LogP contribution in [0.2, 0.25) is 0 Å². The Kier molecular flexibility index (Phi) is 3.44. The second kappa shape index (κ2) is 4.12. The van der Waals surface area contributed by atoms with E-state index in [1.807, 2.05) is 6.92 Å². The molecule has 0 spiro atoms. The molecule has 15 heavy (non-hydrogen) atoms. The van der Waals surface area contributed by atoms with Crippen LogP contribution in [0.5, 0.6) is 0 Å². The molecule has 0 bridgehead atoms. The molecule has 4 unspecified atom stereocenters. The molecule has 0 aromatic heterocycles. The minimum Gasteiger partial charge on any atom is -0.481 e. The van der Waals surface area contributed by atoms with E-state index >= 15 is 0 Å². The lowest BCUT2D eigenvalue weighted by molar-refractivity contribution is -0.160. The number of carboxylic acids is 1. The number of hydrogen-bond acceptors (Lipinski definition) is 2. The van der Waals surface area contributed by atoms with Crippen LogP contribution in [0.4, 0.5) is 0 Å². The number of aliphatic hydroxyl groups is 1. The van der Waals surface area contributed by atoms with E-state index < -0.39 is 5.97 Å². The van der Waals surface area contributed by atoms with Gasteiger partial charge in [0.25, 0.3) is 0 Å². The molecule has 0 aliphatic heterocycles. The first kappa shape index (κ1) is 12.5. The maximum Gasteiger partial charge on any atom is 0.306 e. The lowest BCUT2D eigenvalue weighted by Gasteiger charge is -2.55. The zero-order chi connectivity index (χ0) is 11.8. The minimum absolute atomic E-state index is 0.0484. The third-order valence-corrected chi connectivity index (χ3v) is 4.24. The molecule has 0 heterocycles. The van der Waals surface area contributed by atoms with Crippen LogP contribution in [0.15, 0.2) is 0 Å². The number of rotatable bonds is 4. The molecule has 1 aliphatic rings. The molecule has 2 N–H and O–H groups in total. The van der Waals surface area contributed by atoms with Gasteiger partial charge < -0.3 is 10.2 Å². The fraction of sp³-hybridized carbons (Fsp3) is 0.917. The highest BCUT2D eigenvalue weighted by molar-refractivity contribution is 5.70. The molecule has 0 amide bonds. The lowest BCUT2D eigenvalue weighted by Crippen LogP contribution is -2.53. The van der Waals surface area contributed by atoms with Crippen LogP contribution < -0.4 is 0 Å². The molecule has 1 saturated carbocycles.